The number of hydrogen-bond acceptors (Lipinski definition) is 4. The topological polar surface area (TPSA) is 63.8 Å². The lowest BCUT2D eigenvalue weighted by molar-refractivity contribution is 0.491. The fraction of sp³-hybridized carbons (Fsp3) is 0.714. The van der Waals surface area contributed by atoms with Crippen LogP contribution in [0.4, 0.5) is 11.6 Å². The van der Waals surface area contributed by atoms with Gasteiger partial charge in [0.25, 0.3) is 0 Å². The maximum Gasteiger partial charge on any atom is 0.135 e. The molecule has 1 heterocycles. The van der Waals surface area contributed by atoms with Gasteiger partial charge >= 0.3 is 0 Å². The molecule has 4 heteroatoms. The van der Waals surface area contributed by atoms with Crippen molar-refractivity contribution in [2.75, 3.05) is 11.1 Å². The molecule has 3 N–H and O–H groups in total. The number of nitrogens with zero attached hydrogens (tertiary/aromatic N) is 2. The Balaban J connectivity index is 2.25. The molecular formula is C14H24N4. The summed E-state index contributed by atoms with van der Waals surface area (Å²) in [5, 5.41) is 3.56. The van der Waals surface area contributed by atoms with Crippen molar-refractivity contribution < 1.29 is 0 Å². The number of hydrogen-bond donors (Lipinski definition) is 2. The molecule has 1 aromatic rings. The Kier molecular flexibility index (Phi) is 3.46. The summed E-state index contributed by atoms with van der Waals surface area (Å²) in [6, 6.07) is 0. The standard InChI is InChI=1S/C14H24N4/c1-5-6-11-16-12(15)9(2)13(17-11)18-14(3,4)10-7-8-10/h10H,5-8H2,1-4H3,(H3,15,16,17,18). The summed E-state index contributed by atoms with van der Waals surface area (Å²) in [5.41, 5.74) is 7.03. The molecule has 0 bridgehead atoms. The van der Waals surface area contributed by atoms with E-state index in [9.17, 15) is 0 Å². The van der Waals surface area contributed by atoms with Gasteiger partial charge in [-0.3, -0.25) is 0 Å². The largest absolute Gasteiger partial charge is 0.383 e. The molecule has 0 radical (unpaired) electrons. The van der Waals surface area contributed by atoms with Crippen LogP contribution in [0.1, 0.15) is 51.4 Å². The van der Waals surface area contributed by atoms with E-state index in [1.807, 2.05) is 6.92 Å². The molecule has 100 valence electrons. The number of anilines is 2. The van der Waals surface area contributed by atoms with Crippen molar-refractivity contribution in [1.82, 2.24) is 9.97 Å². The van der Waals surface area contributed by atoms with E-state index >= 15 is 0 Å². The fourth-order valence-electron chi connectivity index (χ4n) is 2.25. The van der Waals surface area contributed by atoms with E-state index in [-0.39, 0.29) is 5.54 Å². The van der Waals surface area contributed by atoms with Crippen LogP contribution in [0.2, 0.25) is 0 Å². The monoisotopic (exact) mass is 248 g/mol. The van der Waals surface area contributed by atoms with E-state index in [1.54, 1.807) is 0 Å². The lowest BCUT2D eigenvalue weighted by Gasteiger charge is -2.28. The number of nitrogens with two attached hydrogens (primary N) is 1. The van der Waals surface area contributed by atoms with Gasteiger partial charge in [0, 0.05) is 17.5 Å². The molecule has 0 aromatic carbocycles. The summed E-state index contributed by atoms with van der Waals surface area (Å²) in [7, 11) is 0. The Morgan fingerprint density at radius 2 is 2.00 bits per heavy atom. The van der Waals surface area contributed by atoms with Crippen LogP contribution in [0.15, 0.2) is 0 Å². The number of aromatic nitrogens is 2. The molecule has 0 aliphatic heterocycles. The minimum Gasteiger partial charge on any atom is -0.383 e. The van der Waals surface area contributed by atoms with Gasteiger partial charge in [-0.2, -0.15) is 0 Å². The first-order valence-electron chi connectivity index (χ1n) is 6.85. The van der Waals surface area contributed by atoms with E-state index in [1.165, 1.54) is 12.8 Å². The summed E-state index contributed by atoms with van der Waals surface area (Å²) in [4.78, 5) is 8.96. The van der Waals surface area contributed by atoms with E-state index in [0.717, 1.165) is 36.0 Å². The molecule has 2 rings (SSSR count). The van der Waals surface area contributed by atoms with Crippen LogP contribution in [0.25, 0.3) is 0 Å². The van der Waals surface area contributed by atoms with E-state index in [0.29, 0.717) is 5.82 Å². The molecule has 1 aliphatic rings. The van der Waals surface area contributed by atoms with Gasteiger partial charge in [-0.15, -0.1) is 0 Å². The van der Waals surface area contributed by atoms with Gasteiger partial charge in [0.2, 0.25) is 0 Å². The minimum absolute atomic E-state index is 0.0923. The molecule has 1 aromatic heterocycles. The van der Waals surface area contributed by atoms with Crippen molar-refractivity contribution in [3.05, 3.63) is 11.4 Å². The minimum atomic E-state index is 0.0923. The summed E-state index contributed by atoms with van der Waals surface area (Å²) < 4.78 is 0. The first-order chi connectivity index (χ1) is 8.44. The third-order valence-electron chi connectivity index (χ3n) is 3.74. The molecule has 1 fully saturated rings. The number of rotatable bonds is 5. The van der Waals surface area contributed by atoms with Gasteiger partial charge in [-0.05, 0) is 46.0 Å². The van der Waals surface area contributed by atoms with Crippen molar-refractivity contribution >= 4 is 11.6 Å². The maximum absolute atomic E-state index is 5.97. The van der Waals surface area contributed by atoms with Crippen molar-refractivity contribution in [3.8, 4) is 0 Å². The zero-order chi connectivity index (χ0) is 13.3. The molecule has 1 aliphatic carbocycles. The Hall–Kier alpha value is -1.32. The average Bonchev–Trinajstić information content (AvgIpc) is 3.09. The van der Waals surface area contributed by atoms with Crippen molar-refractivity contribution in [1.29, 1.82) is 0 Å². The van der Waals surface area contributed by atoms with E-state index in [2.05, 4.69) is 36.1 Å². The van der Waals surface area contributed by atoms with E-state index < -0.39 is 0 Å². The van der Waals surface area contributed by atoms with Crippen LogP contribution < -0.4 is 11.1 Å². The van der Waals surface area contributed by atoms with Gasteiger partial charge in [0.1, 0.15) is 17.5 Å². The zero-order valence-corrected chi connectivity index (χ0v) is 11.9. The second kappa shape index (κ2) is 4.75. The van der Waals surface area contributed by atoms with Crippen LogP contribution in [0.3, 0.4) is 0 Å². The fourth-order valence-corrected chi connectivity index (χ4v) is 2.25. The highest BCUT2D eigenvalue weighted by Gasteiger charge is 2.38. The van der Waals surface area contributed by atoms with Crippen molar-refractivity contribution in [2.24, 2.45) is 5.92 Å². The average molecular weight is 248 g/mol. The summed E-state index contributed by atoms with van der Waals surface area (Å²) in [5.74, 6) is 3.10. The molecule has 0 atom stereocenters. The molecule has 4 nitrogen and oxygen atoms in total. The van der Waals surface area contributed by atoms with Gasteiger partial charge < -0.3 is 11.1 Å². The van der Waals surface area contributed by atoms with Crippen molar-refractivity contribution in [2.45, 2.75) is 58.9 Å². The highest BCUT2D eigenvalue weighted by atomic mass is 15.1. The molecule has 0 unspecified atom stereocenters. The smallest absolute Gasteiger partial charge is 0.135 e. The van der Waals surface area contributed by atoms with Gasteiger partial charge in [-0.25, -0.2) is 9.97 Å². The number of nitrogens with one attached hydrogen (secondary N) is 1. The quantitative estimate of drug-likeness (QED) is 0.841. The van der Waals surface area contributed by atoms with Gasteiger partial charge in [0.05, 0.1) is 0 Å². The zero-order valence-electron chi connectivity index (χ0n) is 11.9. The number of nitrogen functional groups attached to an aromatic ring is 1. The molecule has 0 saturated heterocycles. The molecular weight excluding hydrogens is 224 g/mol. The first kappa shape index (κ1) is 13.1. The van der Waals surface area contributed by atoms with Gasteiger partial charge in [-0.1, -0.05) is 6.92 Å². The Bertz CT molecular complexity index is 436. The summed E-state index contributed by atoms with van der Waals surface area (Å²) in [6.45, 7) is 8.58. The van der Waals surface area contributed by atoms with Crippen LogP contribution >= 0.6 is 0 Å². The van der Waals surface area contributed by atoms with E-state index in [4.69, 9.17) is 5.73 Å². The first-order valence-corrected chi connectivity index (χ1v) is 6.85. The van der Waals surface area contributed by atoms with Gasteiger partial charge in [0.15, 0.2) is 0 Å². The maximum atomic E-state index is 5.97. The second-order valence-electron chi connectivity index (χ2n) is 5.87. The predicted octanol–water partition coefficient (Wildman–Crippen LogP) is 2.92. The number of aryl methyl sites for hydroxylation is 1. The van der Waals surface area contributed by atoms with Crippen LogP contribution in [0, 0.1) is 12.8 Å². The highest BCUT2D eigenvalue weighted by Crippen LogP contribution is 2.41. The lowest BCUT2D eigenvalue weighted by Crippen LogP contribution is -2.34. The SMILES string of the molecule is CCCc1nc(N)c(C)c(NC(C)(C)C2CC2)n1. The highest BCUT2D eigenvalue weighted by molar-refractivity contribution is 5.56. The Labute approximate surface area is 109 Å². The van der Waals surface area contributed by atoms with Crippen LogP contribution in [-0.4, -0.2) is 15.5 Å². The normalized spacial score (nSPS) is 15.8. The van der Waals surface area contributed by atoms with Crippen molar-refractivity contribution in [3.63, 3.8) is 0 Å². The van der Waals surface area contributed by atoms with Crippen LogP contribution in [-0.2, 0) is 6.42 Å². The third-order valence-corrected chi connectivity index (χ3v) is 3.74. The molecule has 0 spiro atoms. The summed E-state index contributed by atoms with van der Waals surface area (Å²) in [6.07, 6.45) is 4.53. The van der Waals surface area contributed by atoms with Crippen LogP contribution in [0.5, 0.6) is 0 Å². The third kappa shape index (κ3) is 2.74. The Morgan fingerprint density at radius 1 is 1.33 bits per heavy atom. The molecule has 1 saturated carbocycles. The predicted molar refractivity (Wildman–Crippen MR) is 75.6 cm³/mol. The molecule has 0 amide bonds. The lowest BCUT2D eigenvalue weighted by atomic mass is 9.98. The second-order valence-corrected chi connectivity index (χ2v) is 5.87. The Morgan fingerprint density at radius 3 is 2.56 bits per heavy atom. The summed E-state index contributed by atoms with van der Waals surface area (Å²) >= 11 is 0. The molecule has 18 heavy (non-hydrogen) atoms.